The maximum atomic E-state index is 10.4. The summed E-state index contributed by atoms with van der Waals surface area (Å²) >= 11 is 0. The van der Waals surface area contributed by atoms with Crippen molar-refractivity contribution >= 4 is 6.29 Å². The summed E-state index contributed by atoms with van der Waals surface area (Å²) < 4.78 is 5.01. The monoisotopic (exact) mass is 221 g/mol. The van der Waals surface area contributed by atoms with E-state index in [0.29, 0.717) is 12.2 Å². The van der Waals surface area contributed by atoms with E-state index in [1.165, 1.54) is 6.08 Å². The summed E-state index contributed by atoms with van der Waals surface area (Å²) in [7, 11) is 1.54. The number of hydrogen-bond donors (Lipinski definition) is 0. The molecule has 0 amide bonds. The largest absolute Gasteiger partial charge is 0.497 e. The third-order valence-corrected chi connectivity index (χ3v) is 2.01. The predicted molar refractivity (Wildman–Crippen MR) is 57.8 cm³/mol. The van der Waals surface area contributed by atoms with Gasteiger partial charge in [-0.25, -0.2) is 0 Å². The Morgan fingerprint density at radius 1 is 1.56 bits per heavy atom. The molecule has 0 heterocycles. The van der Waals surface area contributed by atoms with Gasteiger partial charge in [0.1, 0.15) is 5.75 Å². The van der Waals surface area contributed by atoms with Crippen molar-refractivity contribution in [2.75, 3.05) is 7.11 Å². The van der Waals surface area contributed by atoms with Crippen LogP contribution in [-0.4, -0.2) is 18.3 Å². The van der Waals surface area contributed by atoms with Gasteiger partial charge < -0.3 is 4.74 Å². The Morgan fingerprint density at radius 3 is 2.88 bits per heavy atom. The lowest BCUT2D eigenvalue weighted by atomic mass is 10.1. The summed E-state index contributed by atoms with van der Waals surface area (Å²) in [6.07, 6.45) is 1.84. The Bertz CT molecular complexity index is 426. The number of allylic oxidation sites excluding steroid dienone is 2. The smallest absolute Gasteiger partial charge is 0.305 e. The molecule has 16 heavy (non-hydrogen) atoms. The quantitative estimate of drug-likeness (QED) is 0.327. The van der Waals surface area contributed by atoms with Crippen molar-refractivity contribution in [1.29, 1.82) is 0 Å². The zero-order valence-corrected chi connectivity index (χ0v) is 8.75. The fourth-order valence-corrected chi connectivity index (χ4v) is 1.19. The first-order valence-electron chi connectivity index (χ1n) is 4.60. The van der Waals surface area contributed by atoms with Gasteiger partial charge in [-0.1, -0.05) is 12.1 Å². The number of carbonyl (C=O) groups excluding carboxylic acids is 1. The van der Waals surface area contributed by atoms with Gasteiger partial charge >= 0.3 is 5.70 Å². The zero-order valence-electron chi connectivity index (χ0n) is 8.75. The molecule has 1 rings (SSSR count). The second-order valence-electron chi connectivity index (χ2n) is 3.06. The highest BCUT2D eigenvalue weighted by Crippen LogP contribution is 2.13. The lowest BCUT2D eigenvalue weighted by Crippen LogP contribution is -2.00. The fraction of sp³-hybridized carbons (Fsp3) is 0.182. The van der Waals surface area contributed by atoms with Gasteiger partial charge in [0.05, 0.1) is 12.0 Å². The maximum Gasteiger partial charge on any atom is 0.305 e. The number of hydrogen-bond acceptors (Lipinski definition) is 4. The van der Waals surface area contributed by atoms with E-state index >= 15 is 0 Å². The molecular weight excluding hydrogens is 210 g/mol. The second-order valence-corrected chi connectivity index (χ2v) is 3.06. The molecule has 0 fully saturated rings. The second kappa shape index (κ2) is 5.65. The molecule has 0 saturated carbocycles. The standard InChI is InChI=1S/C11H11NO4/c1-16-11-4-2-3-9(7-11)5-6-10(8-13)12(14)15/h2-4,6-8H,5H2,1H3/b10-6+. The van der Waals surface area contributed by atoms with Crippen LogP contribution >= 0.6 is 0 Å². The number of methoxy groups -OCH3 is 1. The Balaban J connectivity index is 2.80. The minimum atomic E-state index is -0.701. The van der Waals surface area contributed by atoms with Gasteiger partial charge in [-0.15, -0.1) is 0 Å². The molecule has 0 aromatic heterocycles. The van der Waals surface area contributed by atoms with Crippen LogP contribution < -0.4 is 4.74 Å². The third-order valence-electron chi connectivity index (χ3n) is 2.01. The molecule has 0 bridgehead atoms. The SMILES string of the molecule is COc1cccc(C/C=C(\C=O)[N+](=O)[O-])c1. The van der Waals surface area contributed by atoms with Crippen LogP contribution in [0.2, 0.25) is 0 Å². The molecule has 5 nitrogen and oxygen atoms in total. The first-order valence-corrected chi connectivity index (χ1v) is 4.60. The lowest BCUT2D eigenvalue weighted by Gasteiger charge is -2.01. The van der Waals surface area contributed by atoms with Gasteiger partial charge in [0, 0.05) is 6.08 Å². The minimum Gasteiger partial charge on any atom is -0.497 e. The molecule has 0 aliphatic carbocycles. The van der Waals surface area contributed by atoms with Crippen molar-refractivity contribution in [2.24, 2.45) is 0 Å². The molecule has 1 aromatic rings. The fourth-order valence-electron chi connectivity index (χ4n) is 1.19. The first kappa shape index (κ1) is 11.9. The van der Waals surface area contributed by atoms with Crippen LogP contribution in [0.1, 0.15) is 5.56 Å². The van der Waals surface area contributed by atoms with E-state index in [2.05, 4.69) is 0 Å². The molecule has 0 radical (unpaired) electrons. The van der Waals surface area contributed by atoms with E-state index in [1.54, 1.807) is 31.4 Å². The number of aldehydes is 1. The number of nitrogens with zero attached hydrogens (tertiary/aromatic N) is 1. The molecule has 5 heteroatoms. The van der Waals surface area contributed by atoms with Gasteiger partial charge in [-0.05, 0) is 24.1 Å². The number of rotatable bonds is 5. The van der Waals surface area contributed by atoms with Crippen LogP contribution in [-0.2, 0) is 11.2 Å². The predicted octanol–water partition coefficient (Wildman–Crippen LogP) is 1.60. The summed E-state index contributed by atoms with van der Waals surface area (Å²) in [5.74, 6) is 0.680. The Morgan fingerprint density at radius 2 is 2.31 bits per heavy atom. The molecule has 0 atom stereocenters. The van der Waals surface area contributed by atoms with E-state index in [1.807, 2.05) is 0 Å². The molecule has 0 unspecified atom stereocenters. The van der Waals surface area contributed by atoms with Crippen LogP contribution in [0.5, 0.6) is 5.75 Å². The molecule has 0 aliphatic heterocycles. The van der Waals surface area contributed by atoms with Crippen LogP contribution in [0.3, 0.4) is 0 Å². The summed E-state index contributed by atoms with van der Waals surface area (Å²) in [4.78, 5) is 20.0. The van der Waals surface area contributed by atoms with Crippen LogP contribution in [0, 0.1) is 10.1 Å². The highest BCUT2D eigenvalue weighted by Gasteiger charge is 2.07. The van der Waals surface area contributed by atoms with Crippen molar-refractivity contribution in [3.63, 3.8) is 0 Å². The summed E-state index contributed by atoms with van der Waals surface area (Å²) in [5.41, 5.74) is 0.420. The molecule has 1 aromatic carbocycles. The van der Waals surface area contributed by atoms with E-state index in [9.17, 15) is 14.9 Å². The van der Waals surface area contributed by atoms with Crippen molar-refractivity contribution < 1.29 is 14.5 Å². The molecule has 0 spiro atoms. The van der Waals surface area contributed by atoms with Crippen LogP contribution in [0.15, 0.2) is 36.0 Å². The lowest BCUT2D eigenvalue weighted by molar-refractivity contribution is -0.417. The molecule has 0 N–H and O–H groups in total. The average molecular weight is 221 g/mol. The van der Waals surface area contributed by atoms with E-state index < -0.39 is 10.6 Å². The molecule has 0 aliphatic rings. The van der Waals surface area contributed by atoms with Gasteiger partial charge in [0.2, 0.25) is 6.29 Å². The summed E-state index contributed by atoms with van der Waals surface area (Å²) in [6, 6.07) is 7.14. The highest BCUT2D eigenvalue weighted by molar-refractivity contribution is 5.69. The summed E-state index contributed by atoms with van der Waals surface area (Å²) in [6.45, 7) is 0. The van der Waals surface area contributed by atoms with Crippen molar-refractivity contribution in [1.82, 2.24) is 0 Å². The van der Waals surface area contributed by atoms with Gasteiger partial charge in [0.25, 0.3) is 0 Å². The molecule has 84 valence electrons. The van der Waals surface area contributed by atoms with E-state index in [4.69, 9.17) is 4.74 Å². The van der Waals surface area contributed by atoms with Crippen LogP contribution in [0.25, 0.3) is 0 Å². The van der Waals surface area contributed by atoms with Crippen LogP contribution in [0.4, 0.5) is 0 Å². The Kier molecular flexibility index (Phi) is 4.20. The Hall–Kier alpha value is -2.17. The van der Waals surface area contributed by atoms with E-state index in [-0.39, 0.29) is 6.29 Å². The van der Waals surface area contributed by atoms with Gasteiger partial charge in [-0.3, -0.25) is 14.9 Å². The molecule has 0 saturated heterocycles. The number of benzene rings is 1. The normalized spacial score (nSPS) is 10.9. The summed E-state index contributed by atoms with van der Waals surface area (Å²) in [5, 5.41) is 10.4. The average Bonchev–Trinajstić information content (AvgIpc) is 2.29. The number of nitro groups is 1. The number of carbonyl (C=O) groups is 1. The van der Waals surface area contributed by atoms with Crippen molar-refractivity contribution in [3.8, 4) is 5.75 Å². The zero-order chi connectivity index (χ0) is 12.0. The number of ether oxygens (including phenoxy) is 1. The van der Waals surface area contributed by atoms with E-state index in [0.717, 1.165) is 5.56 Å². The van der Waals surface area contributed by atoms with Gasteiger partial charge in [-0.2, -0.15) is 0 Å². The minimum absolute atomic E-state index is 0.236. The topological polar surface area (TPSA) is 69.4 Å². The van der Waals surface area contributed by atoms with Crippen molar-refractivity contribution in [3.05, 3.63) is 51.7 Å². The van der Waals surface area contributed by atoms with Gasteiger partial charge in [0.15, 0.2) is 0 Å². The molecular formula is C11H11NO4. The highest BCUT2D eigenvalue weighted by atomic mass is 16.6. The van der Waals surface area contributed by atoms with Crippen molar-refractivity contribution in [2.45, 2.75) is 6.42 Å². The third kappa shape index (κ3) is 3.20. The first-order chi connectivity index (χ1) is 7.67. The maximum absolute atomic E-state index is 10.4. The Labute approximate surface area is 92.5 Å².